The summed E-state index contributed by atoms with van der Waals surface area (Å²) in [4.78, 5) is 0. The average molecular weight is 171 g/mol. The first-order valence-electron chi connectivity index (χ1n) is 5.11. The maximum atomic E-state index is 5.27. The molecule has 1 N–H and O–H groups in total. The lowest BCUT2D eigenvalue weighted by Crippen LogP contribution is -2.55. The van der Waals surface area contributed by atoms with Crippen molar-refractivity contribution >= 4 is 0 Å². The molecule has 2 rings (SSSR count). The molecule has 1 spiro atoms. The van der Waals surface area contributed by atoms with Crippen molar-refractivity contribution in [2.45, 2.75) is 33.1 Å². The molecule has 72 valence electrons. The zero-order chi connectivity index (χ0) is 8.86. The van der Waals surface area contributed by atoms with Gasteiger partial charge >= 0.3 is 0 Å². The minimum atomic E-state index is 0.665. The summed E-state index contributed by atoms with van der Waals surface area (Å²) < 4.78 is 5.27. The van der Waals surface area contributed by atoms with E-state index in [0.29, 0.717) is 5.41 Å². The van der Waals surface area contributed by atoms with Crippen LogP contribution in [0.25, 0.3) is 0 Å². The first-order chi connectivity index (χ1) is 5.83. The van der Waals surface area contributed by atoms with Crippen LogP contribution in [0.2, 0.25) is 0 Å². The van der Waals surface area contributed by atoms with Crippen molar-refractivity contribution in [3.05, 3.63) is 0 Å². The van der Waals surface area contributed by atoms with Crippen molar-refractivity contribution in [3.63, 3.8) is 0 Å². The Morgan fingerprint density at radius 2 is 1.67 bits per heavy atom. The normalized spacial score (nSPS) is 25.5. The fourth-order valence-corrected chi connectivity index (χ4v) is 1.64. The van der Waals surface area contributed by atoms with Gasteiger partial charge in [-0.2, -0.15) is 0 Å². The van der Waals surface area contributed by atoms with Gasteiger partial charge in [0, 0.05) is 26.3 Å². The lowest BCUT2D eigenvalue weighted by Gasteiger charge is -2.45. The Balaban J connectivity index is 0.000000213. The lowest BCUT2D eigenvalue weighted by molar-refractivity contribution is -0.0130. The number of ether oxygens (including phenoxy) is 1. The first kappa shape index (κ1) is 10.0. The summed E-state index contributed by atoms with van der Waals surface area (Å²) in [6, 6.07) is 0. The molecule has 2 fully saturated rings. The molecule has 0 aromatic carbocycles. The highest BCUT2D eigenvalue weighted by Gasteiger charge is 2.37. The van der Waals surface area contributed by atoms with E-state index in [1.165, 1.54) is 32.4 Å². The Morgan fingerprint density at radius 3 is 1.92 bits per heavy atom. The van der Waals surface area contributed by atoms with Gasteiger partial charge in [-0.3, -0.25) is 0 Å². The van der Waals surface area contributed by atoms with Crippen molar-refractivity contribution in [2.75, 3.05) is 26.3 Å². The molecular formula is C10H21NO. The van der Waals surface area contributed by atoms with Gasteiger partial charge in [-0.1, -0.05) is 20.3 Å². The van der Waals surface area contributed by atoms with E-state index in [1.807, 2.05) is 0 Å². The minimum absolute atomic E-state index is 0.665. The van der Waals surface area contributed by atoms with E-state index in [0.717, 1.165) is 13.2 Å². The van der Waals surface area contributed by atoms with Gasteiger partial charge < -0.3 is 10.1 Å². The van der Waals surface area contributed by atoms with Crippen molar-refractivity contribution in [1.29, 1.82) is 0 Å². The molecule has 2 heterocycles. The Morgan fingerprint density at radius 1 is 1.17 bits per heavy atom. The van der Waals surface area contributed by atoms with E-state index in [-0.39, 0.29) is 0 Å². The summed E-state index contributed by atoms with van der Waals surface area (Å²) in [5.74, 6) is 0. The van der Waals surface area contributed by atoms with Gasteiger partial charge in [0.15, 0.2) is 0 Å². The molecule has 0 unspecified atom stereocenters. The zero-order valence-corrected chi connectivity index (χ0v) is 8.36. The maximum absolute atomic E-state index is 5.27. The van der Waals surface area contributed by atoms with Crippen LogP contribution in [0.4, 0.5) is 0 Å². The number of hydrogen-bond donors (Lipinski definition) is 1. The van der Waals surface area contributed by atoms with Crippen molar-refractivity contribution in [2.24, 2.45) is 5.41 Å². The molecule has 0 bridgehead atoms. The number of rotatable bonds is 0. The predicted octanol–water partition coefficient (Wildman–Crippen LogP) is 1.80. The Labute approximate surface area is 75.7 Å². The fraction of sp³-hybridized carbons (Fsp3) is 1.00. The highest BCUT2D eigenvalue weighted by atomic mass is 16.5. The van der Waals surface area contributed by atoms with Crippen LogP contribution in [0.15, 0.2) is 0 Å². The predicted molar refractivity (Wildman–Crippen MR) is 51.3 cm³/mol. The van der Waals surface area contributed by atoms with Crippen molar-refractivity contribution in [1.82, 2.24) is 5.32 Å². The van der Waals surface area contributed by atoms with E-state index in [4.69, 9.17) is 4.74 Å². The first-order valence-corrected chi connectivity index (χ1v) is 5.11. The topological polar surface area (TPSA) is 21.3 Å². The summed E-state index contributed by atoms with van der Waals surface area (Å²) >= 11 is 0. The Hall–Kier alpha value is -0.0800. The van der Waals surface area contributed by atoms with Gasteiger partial charge in [0.2, 0.25) is 0 Å². The summed E-state index contributed by atoms with van der Waals surface area (Å²) in [5.41, 5.74) is 0.665. The van der Waals surface area contributed by atoms with Gasteiger partial charge in [0.1, 0.15) is 0 Å². The highest BCUT2D eigenvalue weighted by Crippen LogP contribution is 2.33. The van der Waals surface area contributed by atoms with Gasteiger partial charge in [0.25, 0.3) is 0 Å². The van der Waals surface area contributed by atoms with E-state index in [2.05, 4.69) is 19.2 Å². The SMILES string of the molecule is C1CC2(CCO1)CNC2.CCC. The Kier molecular flexibility index (Phi) is 4.02. The van der Waals surface area contributed by atoms with Gasteiger partial charge in [-0.25, -0.2) is 0 Å². The second kappa shape index (κ2) is 4.83. The monoisotopic (exact) mass is 171 g/mol. The quantitative estimate of drug-likeness (QED) is 0.600. The second-order valence-electron chi connectivity index (χ2n) is 3.92. The molecule has 0 aromatic heterocycles. The van der Waals surface area contributed by atoms with Gasteiger partial charge in [-0.05, 0) is 18.3 Å². The summed E-state index contributed by atoms with van der Waals surface area (Å²) in [5, 5.41) is 3.32. The minimum Gasteiger partial charge on any atom is -0.381 e. The van der Waals surface area contributed by atoms with Crippen LogP contribution in [0.3, 0.4) is 0 Å². The smallest absolute Gasteiger partial charge is 0.0472 e. The summed E-state index contributed by atoms with van der Waals surface area (Å²) in [6.07, 6.45) is 3.81. The number of nitrogens with one attached hydrogen (secondary N) is 1. The molecule has 2 aliphatic heterocycles. The van der Waals surface area contributed by atoms with E-state index >= 15 is 0 Å². The molecule has 2 aliphatic rings. The molecule has 0 radical (unpaired) electrons. The number of hydrogen-bond acceptors (Lipinski definition) is 2. The van der Waals surface area contributed by atoms with Gasteiger partial charge in [0.05, 0.1) is 0 Å². The van der Waals surface area contributed by atoms with Crippen LogP contribution in [-0.2, 0) is 4.74 Å². The average Bonchev–Trinajstić information content (AvgIpc) is 2.05. The molecule has 0 amide bonds. The lowest BCUT2D eigenvalue weighted by atomic mass is 9.75. The van der Waals surface area contributed by atoms with Crippen LogP contribution in [-0.4, -0.2) is 26.3 Å². The van der Waals surface area contributed by atoms with Crippen LogP contribution in [0, 0.1) is 5.41 Å². The molecule has 0 aliphatic carbocycles. The molecule has 2 saturated heterocycles. The Bertz CT molecular complexity index is 113. The van der Waals surface area contributed by atoms with Crippen molar-refractivity contribution < 1.29 is 4.74 Å². The van der Waals surface area contributed by atoms with Gasteiger partial charge in [-0.15, -0.1) is 0 Å². The van der Waals surface area contributed by atoms with E-state index in [9.17, 15) is 0 Å². The molecule has 0 saturated carbocycles. The van der Waals surface area contributed by atoms with Crippen LogP contribution in [0.5, 0.6) is 0 Å². The zero-order valence-electron chi connectivity index (χ0n) is 8.36. The van der Waals surface area contributed by atoms with E-state index in [1.54, 1.807) is 0 Å². The molecule has 0 aromatic rings. The molecule has 2 nitrogen and oxygen atoms in total. The largest absolute Gasteiger partial charge is 0.381 e. The molecule has 0 atom stereocenters. The summed E-state index contributed by atoms with van der Waals surface area (Å²) in [6.45, 7) is 8.69. The molecule has 2 heteroatoms. The van der Waals surface area contributed by atoms with Crippen LogP contribution in [0.1, 0.15) is 33.1 Å². The van der Waals surface area contributed by atoms with Crippen molar-refractivity contribution in [3.8, 4) is 0 Å². The van der Waals surface area contributed by atoms with E-state index < -0.39 is 0 Å². The third-order valence-electron chi connectivity index (χ3n) is 2.55. The third-order valence-corrected chi connectivity index (χ3v) is 2.55. The molecular weight excluding hydrogens is 150 g/mol. The standard InChI is InChI=1S/C7H13NO.C3H8/c1-3-9-4-2-7(1)5-8-6-7;1-3-2/h8H,1-6H2;3H2,1-2H3. The fourth-order valence-electron chi connectivity index (χ4n) is 1.64. The van der Waals surface area contributed by atoms with Crippen LogP contribution >= 0.6 is 0 Å². The van der Waals surface area contributed by atoms with Crippen LogP contribution < -0.4 is 5.32 Å². The highest BCUT2D eigenvalue weighted by molar-refractivity contribution is 4.93. The summed E-state index contributed by atoms with van der Waals surface area (Å²) in [7, 11) is 0. The third kappa shape index (κ3) is 2.46. The molecule has 12 heavy (non-hydrogen) atoms. The maximum Gasteiger partial charge on any atom is 0.0472 e. The second-order valence-corrected chi connectivity index (χ2v) is 3.92.